The molecule has 0 amide bonds. The van der Waals surface area contributed by atoms with Crippen LogP contribution in [-0.4, -0.2) is 22.8 Å². The quantitative estimate of drug-likeness (QED) is 0.542. The summed E-state index contributed by atoms with van der Waals surface area (Å²) in [5, 5.41) is -0.962. The van der Waals surface area contributed by atoms with Gasteiger partial charge in [0.15, 0.2) is 0 Å². The van der Waals surface area contributed by atoms with Crippen molar-refractivity contribution in [3.8, 4) is 0 Å². The first kappa shape index (κ1) is 13.6. The van der Waals surface area contributed by atoms with Crippen molar-refractivity contribution in [1.29, 1.82) is 0 Å². The SMILES string of the molecule is CC(C)OC(=O)SSC(=O)OC(C)C. The van der Waals surface area contributed by atoms with Crippen molar-refractivity contribution in [1.82, 2.24) is 0 Å². The first-order chi connectivity index (χ1) is 6.41. The van der Waals surface area contributed by atoms with E-state index in [0.717, 1.165) is 21.6 Å². The second kappa shape index (κ2) is 7.00. The molecule has 0 spiro atoms. The van der Waals surface area contributed by atoms with Gasteiger partial charge >= 0.3 is 10.6 Å². The lowest BCUT2D eigenvalue weighted by molar-refractivity contribution is 0.141. The monoisotopic (exact) mass is 238 g/mol. The zero-order chi connectivity index (χ0) is 11.1. The van der Waals surface area contributed by atoms with Crippen LogP contribution in [0.3, 0.4) is 0 Å². The number of carbonyl (C=O) groups is 2. The summed E-state index contributed by atoms with van der Waals surface area (Å²) in [6.07, 6.45) is -0.339. The van der Waals surface area contributed by atoms with Crippen LogP contribution in [0.2, 0.25) is 0 Å². The zero-order valence-corrected chi connectivity index (χ0v) is 10.2. The standard InChI is InChI=1S/C8H14O4S2/c1-5(2)11-7(9)13-14-8(10)12-6(3)4/h5-6H,1-4H3. The average molecular weight is 238 g/mol. The highest BCUT2D eigenvalue weighted by atomic mass is 33.1. The van der Waals surface area contributed by atoms with E-state index < -0.39 is 10.6 Å². The maximum absolute atomic E-state index is 11.0. The van der Waals surface area contributed by atoms with Crippen LogP contribution >= 0.6 is 21.6 Å². The number of rotatable bonds is 2. The fourth-order valence-corrected chi connectivity index (χ4v) is 1.74. The topological polar surface area (TPSA) is 52.6 Å². The molecule has 0 bridgehead atoms. The maximum Gasteiger partial charge on any atom is 0.378 e. The van der Waals surface area contributed by atoms with Crippen LogP contribution in [0.15, 0.2) is 0 Å². The van der Waals surface area contributed by atoms with Crippen LogP contribution in [0.5, 0.6) is 0 Å². The van der Waals surface area contributed by atoms with Crippen LogP contribution in [0, 0.1) is 0 Å². The first-order valence-corrected chi connectivity index (χ1v) is 6.32. The van der Waals surface area contributed by atoms with Gasteiger partial charge < -0.3 is 9.47 Å². The highest BCUT2D eigenvalue weighted by Gasteiger charge is 2.13. The van der Waals surface area contributed by atoms with Crippen LogP contribution in [0.25, 0.3) is 0 Å². The molecule has 0 aromatic heterocycles. The summed E-state index contributed by atoms with van der Waals surface area (Å²) in [7, 11) is 1.47. The number of ether oxygens (including phenoxy) is 2. The zero-order valence-electron chi connectivity index (χ0n) is 8.60. The van der Waals surface area contributed by atoms with Crippen LogP contribution < -0.4 is 0 Å². The third kappa shape index (κ3) is 8.25. The van der Waals surface area contributed by atoms with E-state index in [4.69, 9.17) is 9.47 Å². The van der Waals surface area contributed by atoms with Crippen molar-refractivity contribution in [3.05, 3.63) is 0 Å². The second-order valence-corrected chi connectivity index (χ2v) is 5.00. The molecule has 0 saturated carbocycles. The van der Waals surface area contributed by atoms with Crippen molar-refractivity contribution >= 4 is 32.2 Å². The molecule has 14 heavy (non-hydrogen) atoms. The smallest absolute Gasteiger partial charge is 0.378 e. The number of hydrogen-bond donors (Lipinski definition) is 0. The summed E-state index contributed by atoms with van der Waals surface area (Å²) in [6, 6.07) is 0. The summed E-state index contributed by atoms with van der Waals surface area (Å²) in [6.45, 7) is 6.98. The third-order valence-electron chi connectivity index (χ3n) is 0.842. The van der Waals surface area contributed by atoms with E-state index in [0.29, 0.717) is 0 Å². The van der Waals surface area contributed by atoms with E-state index >= 15 is 0 Å². The van der Waals surface area contributed by atoms with Gasteiger partial charge in [0.2, 0.25) is 0 Å². The molecule has 4 nitrogen and oxygen atoms in total. The van der Waals surface area contributed by atoms with Crippen molar-refractivity contribution in [2.75, 3.05) is 0 Å². The minimum atomic E-state index is -0.481. The summed E-state index contributed by atoms with van der Waals surface area (Å²) in [4.78, 5) is 21.9. The predicted octanol–water partition coefficient (Wildman–Crippen LogP) is 3.46. The van der Waals surface area contributed by atoms with E-state index in [1.54, 1.807) is 27.7 Å². The van der Waals surface area contributed by atoms with E-state index in [1.807, 2.05) is 0 Å². The van der Waals surface area contributed by atoms with Crippen LogP contribution in [0.4, 0.5) is 9.59 Å². The van der Waals surface area contributed by atoms with Gasteiger partial charge in [0.1, 0.15) is 0 Å². The van der Waals surface area contributed by atoms with Gasteiger partial charge in [-0.2, -0.15) is 0 Å². The largest absolute Gasteiger partial charge is 0.454 e. The Labute approximate surface area is 91.5 Å². The Hall–Kier alpha value is -0.360. The first-order valence-electron chi connectivity index (χ1n) is 4.17. The number of hydrogen-bond acceptors (Lipinski definition) is 6. The lowest BCUT2D eigenvalue weighted by Gasteiger charge is -2.07. The Kier molecular flexibility index (Phi) is 6.82. The fourth-order valence-electron chi connectivity index (χ4n) is 0.492. The highest BCUT2D eigenvalue weighted by Crippen LogP contribution is 2.26. The van der Waals surface area contributed by atoms with Gasteiger partial charge in [-0.05, 0) is 27.7 Å². The Morgan fingerprint density at radius 2 is 1.14 bits per heavy atom. The molecule has 82 valence electrons. The summed E-state index contributed by atoms with van der Waals surface area (Å²) in [5.41, 5.74) is 0. The molecule has 0 aliphatic heterocycles. The molecule has 0 unspecified atom stereocenters. The highest BCUT2D eigenvalue weighted by molar-refractivity contribution is 8.86. The lowest BCUT2D eigenvalue weighted by atomic mass is 10.5. The summed E-state index contributed by atoms with van der Waals surface area (Å²) < 4.78 is 9.60. The molecule has 0 atom stereocenters. The van der Waals surface area contributed by atoms with Crippen molar-refractivity contribution in [3.63, 3.8) is 0 Å². The van der Waals surface area contributed by atoms with Gasteiger partial charge in [-0.3, -0.25) is 0 Å². The van der Waals surface area contributed by atoms with Gasteiger partial charge in [-0.1, -0.05) is 0 Å². The van der Waals surface area contributed by atoms with E-state index in [9.17, 15) is 9.59 Å². The van der Waals surface area contributed by atoms with E-state index in [-0.39, 0.29) is 12.2 Å². The Morgan fingerprint density at radius 1 is 0.857 bits per heavy atom. The summed E-state index contributed by atoms with van der Waals surface area (Å²) >= 11 is 0. The Morgan fingerprint density at radius 3 is 1.36 bits per heavy atom. The molecule has 0 heterocycles. The normalized spacial score (nSPS) is 10.4. The van der Waals surface area contributed by atoms with Gasteiger partial charge in [-0.15, -0.1) is 0 Å². The molecule has 0 fully saturated rings. The molecule has 0 N–H and O–H groups in total. The van der Waals surface area contributed by atoms with E-state index in [2.05, 4.69) is 0 Å². The molecular formula is C8H14O4S2. The molecule has 0 radical (unpaired) electrons. The molecule has 0 rings (SSSR count). The molecule has 6 heteroatoms. The predicted molar refractivity (Wildman–Crippen MR) is 58.4 cm³/mol. The molecule has 0 aromatic rings. The van der Waals surface area contributed by atoms with Gasteiger partial charge in [0.05, 0.1) is 12.2 Å². The number of carbonyl (C=O) groups excluding carboxylic acids is 2. The van der Waals surface area contributed by atoms with Crippen LogP contribution in [0.1, 0.15) is 27.7 Å². The second-order valence-electron chi connectivity index (χ2n) is 3.00. The summed E-state index contributed by atoms with van der Waals surface area (Å²) in [5.74, 6) is 0. The Balaban J connectivity index is 3.61. The molecular weight excluding hydrogens is 224 g/mol. The van der Waals surface area contributed by atoms with Gasteiger partial charge in [-0.25, -0.2) is 9.59 Å². The maximum atomic E-state index is 11.0. The molecule has 0 saturated heterocycles. The molecule has 0 aliphatic rings. The van der Waals surface area contributed by atoms with Gasteiger partial charge in [0.25, 0.3) is 0 Å². The van der Waals surface area contributed by atoms with E-state index in [1.165, 1.54) is 0 Å². The van der Waals surface area contributed by atoms with Crippen molar-refractivity contribution in [2.45, 2.75) is 39.9 Å². The Bertz CT molecular complexity index is 182. The van der Waals surface area contributed by atoms with Crippen LogP contribution in [-0.2, 0) is 9.47 Å². The molecule has 0 aliphatic carbocycles. The lowest BCUT2D eigenvalue weighted by Crippen LogP contribution is -2.08. The molecule has 0 aromatic carbocycles. The third-order valence-corrected chi connectivity index (χ3v) is 2.46. The fraction of sp³-hybridized carbons (Fsp3) is 0.750. The average Bonchev–Trinajstić information content (AvgIpc) is 1.98. The minimum absolute atomic E-state index is 0.170. The van der Waals surface area contributed by atoms with Gasteiger partial charge in [0, 0.05) is 21.6 Å². The minimum Gasteiger partial charge on any atom is -0.454 e. The van der Waals surface area contributed by atoms with Crippen molar-refractivity contribution < 1.29 is 19.1 Å². The van der Waals surface area contributed by atoms with Crippen molar-refractivity contribution in [2.24, 2.45) is 0 Å².